The summed E-state index contributed by atoms with van der Waals surface area (Å²) in [5.41, 5.74) is 3.12. The van der Waals surface area contributed by atoms with Crippen molar-refractivity contribution < 1.29 is 19.0 Å². The maximum Gasteiger partial charge on any atom is 0.260 e. The molecule has 0 unspecified atom stereocenters. The van der Waals surface area contributed by atoms with Gasteiger partial charge in [-0.2, -0.15) is 5.10 Å². The molecule has 1 aromatic heterocycles. The summed E-state index contributed by atoms with van der Waals surface area (Å²) in [4.78, 5) is 15.9. The normalized spacial score (nSPS) is 10.7. The zero-order chi connectivity index (χ0) is 17.5. The highest BCUT2D eigenvalue weighted by atomic mass is 16.5. The van der Waals surface area contributed by atoms with Gasteiger partial charge >= 0.3 is 0 Å². The molecule has 2 aromatic rings. The average molecular weight is 332 g/mol. The van der Waals surface area contributed by atoms with Gasteiger partial charge in [-0.15, -0.1) is 0 Å². The van der Waals surface area contributed by atoms with Crippen LogP contribution in [0.1, 0.15) is 11.4 Å². The first-order chi connectivity index (χ1) is 11.6. The van der Waals surface area contributed by atoms with Gasteiger partial charge in [-0.05, 0) is 13.0 Å². The number of carbonyl (C=O) groups excluding carboxylic acids is 1. The van der Waals surface area contributed by atoms with Crippen LogP contribution in [0.5, 0.6) is 17.2 Å². The van der Waals surface area contributed by atoms with Gasteiger partial charge in [0, 0.05) is 24.0 Å². The fourth-order valence-corrected chi connectivity index (χ4v) is 2.09. The van der Waals surface area contributed by atoms with Crippen molar-refractivity contribution in [1.29, 1.82) is 0 Å². The number of imidazole rings is 1. The number of amides is 1. The van der Waals surface area contributed by atoms with Gasteiger partial charge in [0.15, 0.2) is 11.5 Å². The van der Waals surface area contributed by atoms with E-state index in [4.69, 9.17) is 14.2 Å². The standard InChI is InChI=1S/C16H20N4O4/c1-11-17-5-6-20(11)10-16(21)19-18-9-12-7-14(23-3)15(24-4)8-13(12)22-2/h5-9H,10H2,1-4H3,(H,19,21)/b18-9+. The lowest BCUT2D eigenvalue weighted by atomic mass is 10.2. The Morgan fingerprint density at radius 3 is 2.46 bits per heavy atom. The van der Waals surface area contributed by atoms with Crippen LogP contribution in [-0.2, 0) is 11.3 Å². The van der Waals surface area contributed by atoms with Gasteiger partial charge in [-0.1, -0.05) is 0 Å². The van der Waals surface area contributed by atoms with Crippen molar-refractivity contribution in [3.05, 3.63) is 35.9 Å². The van der Waals surface area contributed by atoms with Gasteiger partial charge in [-0.3, -0.25) is 4.79 Å². The zero-order valence-corrected chi connectivity index (χ0v) is 14.1. The lowest BCUT2D eigenvalue weighted by Crippen LogP contribution is -2.23. The number of rotatable bonds is 7. The van der Waals surface area contributed by atoms with Crippen LogP contribution in [0.25, 0.3) is 0 Å². The van der Waals surface area contributed by atoms with Gasteiger partial charge in [0.1, 0.15) is 18.1 Å². The van der Waals surface area contributed by atoms with Gasteiger partial charge < -0.3 is 18.8 Å². The minimum atomic E-state index is -0.258. The van der Waals surface area contributed by atoms with Crippen molar-refractivity contribution in [3.63, 3.8) is 0 Å². The summed E-state index contributed by atoms with van der Waals surface area (Å²) in [6.45, 7) is 1.97. The molecule has 0 fully saturated rings. The minimum absolute atomic E-state index is 0.145. The lowest BCUT2D eigenvalue weighted by molar-refractivity contribution is -0.121. The Morgan fingerprint density at radius 1 is 1.21 bits per heavy atom. The summed E-state index contributed by atoms with van der Waals surface area (Å²) < 4.78 is 17.5. The van der Waals surface area contributed by atoms with Crippen LogP contribution in [0.15, 0.2) is 29.6 Å². The SMILES string of the molecule is COc1cc(OC)c(OC)cc1/C=N/NC(=O)Cn1ccnc1C. The van der Waals surface area contributed by atoms with E-state index in [-0.39, 0.29) is 12.5 Å². The molecule has 24 heavy (non-hydrogen) atoms. The summed E-state index contributed by atoms with van der Waals surface area (Å²) in [6.07, 6.45) is 4.86. The molecule has 0 aliphatic carbocycles. The van der Waals surface area contributed by atoms with Crippen LogP contribution in [0, 0.1) is 6.92 Å². The number of methoxy groups -OCH3 is 3. The molecule has 0 aliphatic rings. The first kappa shape index (κ1) is 17.3. The van der Waals surface area contributed by atoms with Crippen molar-refractivity contribution in [2.45, 2.75) is 13.5 Å². The Balaban J connectivity index is 2.08. The molecule has 0 aliphatic heterocycles. The smallest absolute Gasteiger partial charge is 0.260 e. The second-order valence-corrected chi connectivity index (χ2v) is 4.84. The molecule has 1 amide bonds. The third-order valence-electron chi connectivity index (χ3n) is 3.37. The molecule has 0 bridgehead atoms. The Bertz CT molecular complexity index is 740. The van der Waals surface area contributed by atoms with E-state index < -0.39 is 0 Å². The largest absolute Gasteiger partial charge is 0.496 e. The highest BCUT2D eigenvalue weighted by Crippen LogP contribution is 2.33. The Kier molecular flexibility index (Phi) is 5.78. The molecule has 1 aromatic carbocycles. The molecule has 0 spiro atoms. The molecule has 1 heterocycles. The summed E-state index contributed by atoms with van der Waals surface area (Å²) in [6, 6.07) is 3.41. The van der Waals surface area contributed by atoms with E-state index in [1.54, 1.807) is 50.4 Å². The molecule has 8 nitrogen and oxygen atoms in total. The number of hydrogen-bond donors (Lipinski definition) is 1. The molecule has 8 heteroatoms. The number of ether oxygens (including phenoxy) is 3. The van der Waals surface area contributed by atoms with E-state index in [0.29, 0.717) is 22.8 Å². The molecule has 128 valence electrons. The first-order valence-electron chi connectivity index (χ1n) is 7.18. The van der Waals surface area contributed by atoms with E-state index in [1.165, 1.54) is 6.21 Å². The molecular weight excluding hydrogens is 312 g/mol. The van der Waals surface area contributed by atoms with Crippen molar-refractivity contribution >= 4 is 12.1 Å². The van der Waals surface area contributed by atoms with Crippen LogP contribution in [-0.4, -0.2) is 43.0 Å². The number of hydrogen-bond acceptors (Lipinski definition) is 6. The molecule has 0 atom stereocenters. The number of hydrazone groups is 1. The number of aryl methyl sites for hydroxylation is 1. The summed E-state index contributed by atoms with van der Waals surface area (Å²) in [5.74, 6) is 2.14. The van der Waals surface area contributed by atoms with E-state index in [2.05, 4.69) is 15.5 Å². The maximum absolute atomic E-state index is 11.9. The molecular formula is C16H20N4O4. The maximum atomic E-state index is 11.9. The highest BCUT2D eigenvalue weighted by Gasteiger charge is 2.10. The second-order valence-electron chi connectivity index (χ2n) is 4.84. The third kappa shape index (κ3) is 4.03. The highest BCUT2D eigenvalue weighted by molar-refractivity contribution is 5.86. The van der Waals surface area contributed by atoms with E-state index in [1.807, 2.05) is 6.92 Å². The van der Waals surface area contributed by atoms with Crippen LogP contribution < -0.4 is 19.6 Å². The Hall–Kier alpha value is -3.03. The number of aromatic nitrogens is 2. The van der Waals surface area contributed by atoms with Gasteiger partial charge in [0.2, 0.25) is 0 Å². The van der Waals surface area contributed by atoms with Crippen molar-refractivity contribution in [1.82, 2.24) is 15.0 Å². The predicted octanol–water partition coefficient (Wildman–Crippen LogP) is 1.37. The van der Waals surface area contributed by atoms with Crippen LogP contribution >= 0.6 is 0 Å². The van der Waals surface area contributed by atoms with Crippen LogP contribution in [0.2, 0.25) is 0 Å². The Labute approximate surface area is 140 Å². The number of carbonyl (C=O) groups is 1. The molecule has 1 N–H and O–H groups in total. The fourth-order valence-electron chi connectivity index (χ4n) is 2.09. The summed E-state index contributed by atoms with van der Waals surface area (Å²) in [5, 5.41) is 3.96. The molecule has 0 radical (unpaired) electrons. The first-order valence-corrected chi connectivity index (χ1v) is 7.18. The predicted molar refractivity (Wildman–Crippen MR) is 88.8 cm³/mol. The average Bonchev–Trinajstić information content (AvgIpc) is 2.99. The van der Waals surface area contributed by atoms with Gasteiger partial charge in [0.25, 0.3) is 5.91 Å². The number of benzene rings is 1. The summed E-state index contributed by atoms with van der Waals surface area (Å²) >= 11 is 0. The molecule has 2 rings (SSSR count). The third-order valence-corrected chi connectivity index (χ3v) is 3.37. The topological polar surface area (TPSA) is 87.0 Å². The van der Waals surface area contributed by atoms with E-state index >= 15 is 0 Å². The lowest BCUT2D eigenvalue weighted by Gasteiger charge is -2.11. The second kappa shape index (κ2) is 8.00. The van der Waals surface area contributed by atoms with Crippen molar-refractivity contribution in [3.8, 4) is 17.2 Å². The van der Waals surface area contributed by atoms with E-state index in [0.717, 1.165) is 5.82 Å². The quantitative estimate of drug-likeness (QED) is 0.611. The van der Waals surface area contributed by atoms with Crippen LogP contribution in [0.4, 0.5) is 0 Å². The fraction of sp³-hybridized carbons (Fsp3) is 0.312. The van der Waals surface area contributed by atoms with E-state index in [9.17, 15) is 4.79 Å². The van der Waals surface area contributed by atoms with Gasteiger partial charge in [-0.25, -0.2) is 10.4 Å². The van der Waals surface area contributed by atoms with Crippen molar-refractivity contribution in [2.24, 2.45) is 5.10 Å². The Morgan fingerprint density at radius 2 is 1.88 bits per heavy atom. The monoisotopic (exact) mass is 332 g/mol. The zero-order valence-electron chi connectivity index (χ0n) is 14.1. The van der Waals surface area contributed by atoms with Crippen LogP contribution in [0.3, 0.4) is 0 Å². The minimum Gasteiger partial charge on any atom is -0.496 e. The number of nitrogens with zero attached hydrogens (tertiary/aromatic N) is 3. The number of nitrogens with one attached hydrogen (secondary N) is 1. The summed E-state index contributed by atoms with van der Waals surface area (Å²) in [7, 11) is 4.63. The van der Waals surface area contributed by atoms with Gasteiger partial charge in [0.05, 0.1) is 27.5 Å². The van der Waals surface area contributed by atoms with Crippen molar-refractivity contribution in [2.75, 3.05) is 21.3 Å². The molecule has 0 saturated heterocycles. The molecule has 0 saturated carbocycles.